The molecule has 3 nitrogen and oxygen atoms in total. The average molecular weight is 264 g/mol. The maximum absolute atomic E-state index is 6.23. The zero-order valence-electron chi connectivity index (χ0n) is 11.2. The van der Waals surface area contributed by atoms with Gasteiger partial charge in [0.2, 0.25) is 0 Å². The average Bonchev–Trinajstić information content (AvgIpc) is 2.55. The highest BCUT2D eigenvalue weighted by Gasteiger charge is 2.17. The Morgan fingerprint density at radius 2 is 1.72 bits per heavy atom. The topological polar surface area (TPSA) is 43.8 Å². The number of rotatable bonds is 2. The predicted molar refractivity (Wildman–Crippen MR) is 76.5 cm³/mol. The van der Waals surface area contributed by atoms with E-state index in [0.717, 1.165) is 11.4 Å². The molecule has 0 unspecified atom stereocenters. The second-order valence-electron chi connectivity index (χ2n) is 5.00. The molecular formula is C14H18ClN3. The first kappa shape index (κ1) is 13.0. The lowest BCUT2D eigenvalue weighted by molar-refractivity contribution is 0.770. The summed E-state index contributed by atoms with van der Waals surface area (Å²) in [7, 11) is 0. The van der Waals surface area contributed by atoms with Gasteiger partial charge >= 0.3 is 0 Å². The summed E-state index contributed by atoms with van der Waals surface area (Å²) in [5.74, 6) is 0.761. The Morgan fingerprint density at radius 3 is 2.17 bits per heavy atom. The maximum atomic E-state index is 6.23. The minimum Gasteiger partial charge on any atom is -0.382 e. The quantitative estimate of drug-likeness (QED) is 0.894. The first-order chi connectivity index (χ1) is 8.40. The van der Waals surface area contributed by atoms with E-state index in [1.54, 1.807) is 4.68 Å². The van der Waals surface area contributed by atoms with Crippen LogP contribution in [0.2, 0.25) is 5.02 Å². The minimum absolute atomic E-state index is 0.256. The summed E-state index contributed by atoms with van der Waals surface area (Å²) in [4.78, 5) is 0. The summed E-state index contributed by atoms with van der Waals surface area (Å²) in [6.45, 7) is 8.22. The fourth-order valence-corrected chi connectivity index (χ4v) is 2.40. The normalized spacial score (nSPS) is 11.2. The molecule has 1 aromatic carbocycles. The van der Waals surface area contributed by atoms with Crippen molar-refractivity contribution in [3.8, 4) is 5.69 Å². The first-order valence-electron chi connectivity index (χ1n) is 6.02. The number of hydrogen-bond donors (Lipinski definition) is 1. The second-order valence-corrected chi connectivity index (χ2v) is 5.37. The third-order valence-electron chi connectivity index (χ3n) is 2.88. The molecule has 0 radical (unpaired) electrons. The highest BCUT2D eigenvalue weighted by Crippen LogP contribution is 2.31. The van der Waals surface area contributed by atoms with Gasteiger partial charge in [-0.15, -0.1) is 0 Å². The largest absolute Gasteiger partial charge is 0.382 e. The van der Waals surface area contributed by atoms with Crippen molar-refractivity contribution in [1.82, 2.24) is 9.78 Å². The molecule has 2 rings (SSSR count). The van der Waals surface area contributed by atoms with Gasteiger partial charge in [0, 0.05) is 0 Å². The Balaban J connectivity index is 2.60. The number of halogens is 1. The summed E-state index contributed by atoms with van der Waals surface area (Å²) < 4.78 is 1.72. The van der Waals surface area contributed by atoms with Crippen molar-refractivity contribution in [2.45, 2.75) is 33.6 Å². The van der Waals surface area contributed by atoms with Crippen molar-refractivity contribution in [3.05, 3.63) is 40.0 Å². The van der Waals surface area contributed by atoms with Crippen LogP contribution in [0.25, 0.3) is 5.69 Å². The van der Waals surface area contributed by atoms with Gasteiger partial charge in [-0.25, -0.2) is 4.68 Å². The van der Waals surface area contributed by atoms with Crippen molar-refractivity contribution in [1.29, 1.82) is 0 Å². The van der Waals surface area contributed by atoms with E-state index >= 15 is 0 Å². The zero-order valence-corrected chi connectivity index (χ0v) is 11.9. The molecule has 0 aliphatic carbocycles. The van der Waals surface area contributed by atoms with Crippen molar-refractivity contribution in [3.63, 3.8) is 0 Å². The number of nitrogens with two attached hydrogens (primary N) is 1. The van der Waals surface area contributed by atoms with Gasteiger partial charge in [0.15, 0.2) is 0 Å². The molecular weight excluding hydrogens is 246 g/mol. The molecule has 0 saturated heterocycles. The standard InChI is InChI=1S/C14H18ClN3/c1-8(2)13-12(15)14(16)18(17-13)11-6-9(3)5-10(4)7-11/h5-8H,16H2,1-4H3. The van der Waals surface area contributed by atoms with E-state index < -0.39 is 0 Å². The molecule has 2 N–H and O–H groups in total. The first-order valence-corrected chi connectivity index (χ1v) is 6.40. The molecule has 0 aliphatic rings. The molecule has 0 spiro atoms. The molecule has 0 amide bonds. The highest BCUT2D eigenvalue weighted by atomic mass is 35.5. The Morgan fingerprint density at radius 1 is 1.17 bits per heavy atom. The molecule has 1 aromatic heterocycles. The summed E-state index contributed by atoms with van der Waals surface area (Å²) in [5, 5.41) is 5.08. The van der Waals surface area contributed by atoms with Crippen molar-refractivity contribution in [2.75, 3.05) is 5.73 Å². The molecule has 1 heterocycles. The predicted octanol–water partition coefficient (Wildman–Crippen LogP) is 3.85. The van der Waals surface area contributed by atoms with E-state index in [9.17, 15) is 0 Å². The van der Waals surface area contributed by atoms with Crippen LogP contribution in [0.3, 0.4) is 0 Å². The van der Waals surface area contributed by atoms with Gasteiger partial charge in [0.1, 0.15) is 10.8 Å². The SMILES string of the molecule is Cc1cc(C)cc(-n2nc(C(C)C)c(Cl)c2N)c1. The van der Waals surface area contributed by atoms with Crippen LogP contribution < -0.4 is 5.73 Å². The third-order valence-corrected chi connectivity index (χ3v) is 3.27. The monoisotopic (exact) mass is 263 g/mol. The summed E-state index contributed by atoms with van der Waals surface area (Å²) in [5.41, 5.74) is 10.2. The van der Waals surface area contributed by atoms with Crippen molar-refractivity contribution in [2.24, 2.45) is 0 Å². The Hall–Kier alpha value is -1.48. The Bertz CT molecular complexity index is 565. The van der Waals surface area contributed by atoms with Gasteiger partial charge in [-0.2, -0.15) is 5.10 Å². The molecule has 0 fully saturated rings. The number of hydrogen-bond acceptors (Lipinski definition) is 2. The van der Waals surface area contributed by atoms with Crippen molar-refractivity contribution >= 4 is 17.4 Å². The number of nitrogen functional groups attached to an aromatic ring is 1. The molecule has 0 aliphatic heterocycles. The van der Waals surface area contributed by atoms with E-state index in [0.29, 0.717) is 10.8 Å². The summed E-state index contributed by atoms with van der Waals surface area (Å²) >= 11 is 6.23. The van der Waals surface area contributed by atoms with Crippen LogP contribution in [0.4, 0.5) is 5.82 Å². The minimum atomic E-state index is 0.256. The molecule has 18 heavy (non-hydrogen) atoms. The van der Waals surface area contributed by atoms with Crippen LogP contribution in [-0.2, 0) is 0 Å². The number of nitrogens with zero attached hydrogens (tertiary/aromatic N) is 2. The Kier molecular flexibility index (Phi) is 3.35. The van der Waals surface area contributed by atoms with Gasteiger partial charge in [0.05, 0.1) is 11.4 Å². The van der Waals surface area contributed by atoms with Crippen LogP contribution in [0, 0.1) is 13.8 Å². The van der Waals surface area contributed by atoms with Crippen LogP contribution >= 0.6 is 11.6 Å². The van der Waals surface area contributed by atoms with E-state index in [1.807, 2.05) is 0 Å². The van der Waals surface area contributed by atoms with Gasteiger partial charge in [-0.05, 0) is 43.0 Å². The third kappa shape index (κ3) is 2.23. The molecule has 0 atom stereocenters. The number of benzene rings is 1. The summed E-state index contributed by atoms with van der Waals surface area (Å²) in [6, 6.07) is 6.22. The van der Waals surface area contributed by atoms with Crippen molar-refractivity contribution < 1.29 is 0 Å². The molecule has 0 bridgehead atoms. The summed E-state index contributed by atoms with van der Waals surface area (Å²) in [6.07, 6.45) is 0. The highest BCUT2D eigenvalue weighted by molar-refractivity contribution is 6.33. The fourth-order valence-electron chi connectivity index (χ4n) is 2.07. The van der Waals surface area contributed by atoms with E-state index in [4.69, 9.17) is 17.3 Å². The Labute approximate surface area is 113 Å². The number of anilines is 1. The van der Waals surface area contributed by atoms with E-state index in [-0.39, 0.29) is 5.92 Å². The van der Waals surface area contributed by atoms with Crippen LogP contribution in [-0.4, -0.2) is 9.78 Å². The lowest BCUT2D eigenvalue weighted by Gasteiger charge is -2.06. The lowest BCUT2D eigenvalue weighted by Crippen LogP contribution is -2.03. The lowest BCUT2D eigenvalue weighted by atomic mass is 10.1. The zero-order chi connectivity index (χ0) is 13.4. The van der Waals surface area contributed by atoms with Gasteiger partial charge in [-0.1, -0.05) is 31.5 Å². The van der Waals surface area contributed by atoms with E-state index in [1.165, 1.54) is 11.1 Å². The number of aromatic nitrogens is 2. The van der Waals surface area contributed by atoms with Crippen LogP contribution in [0.15, 0.2) is 18.2 Å². The van der Waals surface area contributed by atoms with Crippen LogP contribution in [0.5, 0.6) is 0 Å². The van der Waals surface area contributed by atoms with Crippen LogP contribution in [0.1, 0.15) is 36.6 Å². The second kappa shape index (κ2) is 4.65. The fraction of sp³-hybridized carbons (Fsp3) is 0.357. The molecule has 2 aromatic rings. The van der Waals surface area contributed by atoms with E-state index in [2.05, 4.69) is 51.0 Å². The number of aryl methyl sites for hydroxylation is 2. The molecule has 4 heteroatoms. The van der Waals surface area contributed by atoms with Gasteiger partial charge in [-0.3, -0.25) is 0 Å². The molecule has 0 saturated carbocycles. The smallest absolute Gasteiger partial charge is 0.146 e. The van der Waals surface area contributed by atoms with Gasteiger partial charge in [0.25, 0.3) is 0 Å². The maximum Gasteiger partial charge on any atom is 0.146 e. The molecule has 96 valence electrons. The van der Waals surface area contributed by atoms with Gasteiger partial charge < -0.3 is 5.73 Å².